The molecular formula is C10H20O2. The van der Waals surface area contributed by atoms with Crippen molar-refractivity contribution in [1.82, 2.24) is 0 Å². The van der Waals surface area contributed by atoms with Gasteiger partial charge in [0.15, 0.2) is 0 Å². The van der Waals surface area contributed by atoms with E-state index in [1.165, 1.54) is 12.8 Å². The van der Waals surface area contributed by atoms with Crippen LogP contribution in [0.25, 0.3) is 0 Å². The predicted octanol–water partition coefficient (Wildman–Crippen LogP) is 1.82. The van der Waals surface area contributed by atoms with E-state index >= 15 is 0 Å². The van der Waals surface area contributed by atoms with E-state index in [0.29, 0.717) is 5.92 Å². The molecule has 0 spiro atoms. The molecular weight excluding hydrogens is 152 g/mol. The highest BCUT2D eigenvalue weighted by molar-refractivity contribution is 4.71. The largest absolute Gasteiger partial charge is 0.393 e. The third-order valence-electron chi connectivity index (χ3n) is 2.78. The standard InChI is InChI=1S/C10H20O2/c1-8(7-9(2)11)10-3-5-12-6-4-10/h8-11H,3-7H2,1-2H3. The lowest BCUT2D eigenvalue weighted by Crippen LogP contribution is -2.23. The van der Waals surface area contributed by atoms with Crippen molar-refractivity contribution in [3.63, 3.8) is 0 Å². The van der Waals surface area contributed by atoms with E-state index in [4.69, 9.17) is 4.74 Å². The number of aliphatic hydroxyl groups is 1. The molecule has 0 saturated carbocycles. The number of hydrogen-bond donors (Lipinski definition) is 1. The fourth-order valence-corrected chi connectivity index (χ4v) is 2.02. The summed E-state index contributed by atoms with van der Waals surface area (Å²) in [4.78, 5) is 0. The van der Waals surface area contributed by atoms with Gasteiger partial charge in [0.25, 0.3) is 0 Å². The summed E-state index contributed by atoms with van der Waals surface area (Å²) in [5.74, 6) is 1.42. The van der Waals surface area contributed by atoms with Gasteiger partial charge in [0.05, 0.1) is 6.10 Å². The summed E-state index contributed by atoms with van der Waals surface area (Å²) in [5.41, 5.74) is 0. The molecule has 0 aromatic rings. The SMILES string of the molecule is CC(O)CC(C)C1CCOCC1. The highest BCUT2D eigenvalue weighted by Crippen LogP contribution is 2.26. The Morgan fingerprint density at radius 1 is 1.33 bits per heavy atom. The summed E-state index contributed by atoms with van der Waals surface area (Å²) in [5, 5.41) is 9.22. The Balaban J connectivity index is 2.24. The highest BCUT2D eigenvalue weighted by atomic mass is 16.5. The molecule has 2 atom stereocenters. The average molecular weight is 172 g/mol. The second kappa shape index (κ2) is 4.83. The molecule has 1 heterocycles. The number of aliphatic hydroxyl groups excluding tert-OH is 1. The molecule has 0 aromatic carbocycles. The average Bonchev–Trinajstić information content (AvgIpc) is 2.05. The van der Waals surface area contributed by atoms with Gasteiger partial charge in [0.1, 0.15) is 0 Å². The lowest BCUT2D eigenvalue weighted by Gasteiger charge is -2.28. The summed E-state index contributed by atoms with van der Waals surface area (Å²) < 4.78 is 5.29. The molecule has 72 valence electrons. The Kier molecular flexibility index (Phi) is 4.02. The molecule has 0 radical (unpaired) electrons. The van der Waals surface area contributed by atoms with Crippen molar-refractivity contribution >= 4 is 0 Å². The van der Waals surface area contributed by atoms with E-state index in [2.05, 4.69) is 6.92 Å². The summed E-state index contributed by atoms with van der Waals surface area (Å²) in [7, 11) is 0. The van der Waals surface area contributed by atoms with Crippen LogP contribution >= 0.6 is 0 Å². The Morgan fingerprint density at radius 3 is 2.42 bits per heavy atom. The van der Waals surface area contributed by atoms with Gasteiger partial charge < -0.3 is 9.84 Å². The van der Waals surface area contributed by atoms with Crippen molar-refractivity contribution in [3.05, 3.63) is 0 Å². The van der Waals surface area contributed by atoms with E-state index in [0.717, 1.165) is 25.6 Å². The second-order valence-corrected chi connectivity index (χ2v) is 4.01. The molecule has 2 heteroatoms. The monoisotopic (exact) mass is 172 g/mol. The fraction of sp³-hybridized carbons (Fsp3) is 1.00. The van der Waals surface area contributed by atoms with Gasteiger partial charge in [-0.15, -0.1) is 0 Å². The summed E-state index contributed by atoms with van der Waals surface area (Å²) in [6.45, 7) is 5.93. The van der Waals surface area contributed by atoms with Crippen LogP contribution in [0.15, 0.2) is 0 Å². The van der Waals surface area contributed by atoms with Gasteiger partial charge in [-0.1, -0.05) is 6.92 Å². The minimum Gasteiger partial charge on any atom is -0.393 e. The van der Waals surface area contributed by atoms with Crippen LogP contribution in [-0.2, 0) is 4.74 Å². The molecule has 1 N–H and O–H groups in total. The maximum atomic E-state index is 9.22. The van der Waals surface area contributed by atoms with Crippen molar-refractivity contribution in [2.24, 2.45) is 11.8 Å². The topological polar surface area (TPSA) is 29.5 Å². The van der Waals surface area contributed by atoms with Crippen LogP contribution in [0.2, 0.25) is 0 Å². The molecule has 1 saturated heterocycles. The molecule has 0 aromatic heterocycles. The minimum atomic E-state index is -0.150. The zero-order chi connectivity index (χ0) is 8.97. The zero-order valence-electron chi connectivity index (χ0n) is 8.12. The maximum Gasteiger partial charge on any atom is 0.0514 e. The molecule has 0 bridgehead atoms. The normalized spacial score (nSPS) is 25.2. The molecule has 12 heavy (non-hydrogen) atoms. The smallest absolute Gasteiger partial charge is 0.0514 e. The Labute approximate surface area is 74.9 Å². The Morgan fingerprint density at radius 2 is 1.92 bits per heavy atom. The van der Waals surface area contributed by atoms with E-state index in [-0.39, 0.29) is 6.10 Å². The van der Waals surface area contributed by atoms with E-state index in [9.17, 15) is 5.11 Å². The van der Waals surface area contributed by atoms with Gasteiger partial charge in [-0.05, 0) is 38.0 Å². The van der Waals surface area contributed by atoms with Crippen molar-refractivity contribution in [2.75, 3.05) is 13.2 Å². The number of rotatable bonds is 3. The van der Waals surface area contributed by atoms with Gasteiger partial charge >= 0.3 is 0 Å². The van der Waals surface area contributed by atoms with E-state index in [1.807, 2.05) is 6.92 Å². The lowest BCUT2D eigenvalue weighted by atomic mass is 9.84. The number of ether oxygens (including phenoxy) is 1. The molecule has 1 rings (SSSR count). The second-order valence-electron chi connectivity index (χ2n) is 4.01. The van der Waals surface area contributed by atoms with Crippen molar-refractivity contribution in [1.29, 1.82) is 0 Å². The summed E-state index contributed by atoms with van der Waals surface area (Å²) in [6, 6.07) is 0. The van der Waals surface area contributed by atoms with Crippen molar-refractivity contribution in [3.8, 4) is 0 Å². The fourth-order valence-electron chi connectivity index (χ4n) is 2.02. The quantitative estimate of drug-likeness (QED) is 0.703. The van der Waals surface area contributed by atoms with Gasteiger partial charge in [-0.2, -0.15) is 0 Å². The molecule has 1 aliphatic rings. The Bertz CT molecular complexity index is 117. The third kappa shape index (κ3) is 3.11. The number of hydrogen-bond acceptors (Lipinski definition) is 2. The van der Waals surface area contributed by atoms with Gasteiger partial charge in [0, 0.05) is 13.2 Å². The van der Waals surface area contributed by atoms with Crippen LogP contribution in [0.1, 0.15) is 33.1 Å². The first-order valence-corrected chi connectivity index (χ1v) is 4.96. The van der Waals surface area contributed by atoms with Crippen LogP contribution in [-0.4, -0.2) is 24.4 Å². The van der Waals surface area contributed by atoms with Gasteiger partial charge in [0.2, 0.25) is 0 Å². The van der Waals surface area contributed by atoms with Crippen LogP contribution in [0.5, 0.6) is 0 Å². The highest BCUT2D eigenvalue weighted by Gasteiger charge is 2.21. The zero-order valence-corrected chi connectivity index (χ0v) is 8.12. The molecule has 1 aliphatic heterocycles. The summed E-state index contributed by atoms with van der Waals surface area (Å²) >= 11 is 0. The molecule has 2 unspecified atom stereocenters. The maximum absolute atomic E-state index is 9.22. The first kappa shape index (κ1) is 10.0. The first-order chi connectivity index (χ1) is 5.70. The predicted molar refractivity (Wildman–Crippen MR) is 49.0 cm³/mol. The molecule has 2 nitrogen and oxygen atoms in total. The van der Waals surface area contributed by atoms with Crippen LogP contribution < -0.4 is 0 Å². The minimum absolute atomic E-state index is 0.150. The van der Waals surface area contributed by atoms with Crippen LogP contribution in [0.4, 0.5) is 0 Å². The Hall–Kier alpha value is -0.0800. The van der Waals surface area contributed by atoms with E-state index in [1.54, 1.807) is 0 Å². The van der Waals surface area contributed by atoms with Crippen molar-refractivity contribution < 1.29 is 9.84 Å². The third-order valence-corrected chi connectivity index (χ3v) is 2.78. The van der Waals surface area contributed by atoms with Gasteiger partial charge in [-0.3, -0.25) is 0 Å². The van der Waals surface area contributed by atoms with Gasteiger partial charge in [-0.25, -0.2) is 0 Å². The molecule has 0 amide bonds. The van der Waals surface area contributed by atoms with Crippen LogP contribution in [0.3, 0.4) is 0 Å². The lowest BCUT2D eigenvalue weighted by molar-refractivity contribution is 0.0386. The summed E-state index contributed by atoms with van der Waals surface area (Å²) in [6.07, 6.45) is 3.13. The first-order valence-electron chi connectivity index (χ1n) is 4.96. The van der Waals surface area contributed by atoms with E-state index < -0.39 is 0 Å². The van der Waals surface area contributed by atoms with Crippen LogP contribution in [0, 0.1) is 11.8 Å². The molecule has 1 fully saturated rings. The molecule has 0 aliphatic carbocycles. The van der Waals surface area contributed by atoms with Crippen molar-refractivity contribution in [2.45, 2.75) is 39.2 Å².